The number of carbonyl (C=O) groups is 1. The van der Waals surface area contributed by atoms with Crippen LogP contribution in [-0.2, 0) is 0 Å². The van der Waals surface area contributed by atoms with E-state index >= 15 is 0 Å². The van der Waals surface area contributed by atoms with Crippen molar-refractivity contribution in [3.8, 4) is 11.6 Å². The molecule has 0 aliphatic heterocycles. The van der Waals surface area contributed by atoms with E-state index in [9.17, 15) is 9.90 Å². The third kappa shape index (κ3) is 3.45. The number of halogens is 2. The molecule has 0 unspecified atom stereocenters. The van der Waals surface area contributed by atoms with Gasteiger partial charge in [0.05, 0.1) is 17.1 Å². The summed E-state index contributed by atoms with van der Waals surface area (Å²) in [5.74, 6) is -0.0466. The Hall–Kier alpha value is -2.19. The van der Waals surface area contributed by atoms with Crippen molar-refractivity contribution in [3.63, 3.8) is 0 Å². The molecule has 128 valence electrons. The number of carbonyl (C=O) groups excluding carboxylic acids is 1. The Morgan fingerprint density at radius 1 is 1.20 bits per heavy atom. The second kappa shape index (κ2) is 6.97. The van der Waals surface area contributed by atoms with Gasteiger partial charge in [-0.2, -0.15) is 0 Å². The van der Waals surface area contributed by atoms with E-state index < -0.39 is 5.91 Å². The monoisotopic (exact) mass is 465 g/mol. The minimum absolute atomic E-state index is 0.139. The molecule has 0 radical (unpaired) electrons. The van der Waals surface area contributed by atoms with Crippen LogP contribution in [-0.4, -0.2) is 23.1 Å². The highest BCUT2D eigenvalue weighted by Gasteiger charge is 2.14. The Kier molecular flexibility index (Phi) is 4.91. The summed E-state index contributed by atoms with van der Waals surface area (Å²) in [5, 5.41) is 18.4. The minimum Gasteiger partial charge on any atom is -0.496 e. The number of ether oxygens (including phenoxy) is 1. The fourth-order valence-electron chi connectivity index (χ4n) is 2.35. The molecule has 1 amide bonds. The Morgan fingerprint density at radius 2 is 1.96 bits per heavy atom. The Balaban J connectivity index is 1.95. The lowest BCUT2D eigenvalue weighted by Crippen LogP contribution is -1.94. The van der Waals surface area contributed by atoms with E-state index in [2.05, 4.69) is 47.1 Å². The van der Waals surface area contributed by atoms with Crippen molar-refractivity contribution >= 4 is 54.4 Å². The number of nitrogens with zero attached hydrogens (tertiary/aromatic N) is 2. The molecule has 1 heterocycles. The van der Waals surface area contributed by atoms with E-state index in [-0.39, 0.29) is 11.6 Å². The Bertz CT molecular complexity index is 1010. The highest BCUT2D eigenvalue weighted by atomic mass is 79.9. The number of rotatable bonds is 3. The number of amides is 1. The van der Waals surface area contributed by atoms with Crippen LogP contribution in [0, 0.1) is 6.92 Å². The van der Waals surface area contributed by atoms with Gasteiger partial charge in [0, 0.05) is 15.4 Å². The maximum Gasteiger partial charge on any atom is 0.295 e. The van der Waals surface area contributed by atoms with Gasteiger partial charge in [-0.05, 0) is 58.7 Å². The third-order valence-corrected chi connectivity index (χ3v) is 5.14. The van der Waals surface area contributed by atoms with Gasteiger partial charge in [-0.1, -0.05) is 15.9 Å². The lowest BCUT2D eigenvalue weighted by atomic mass is 10.1. The molecule has 8 heteroatoms. The summed E-state index contributed by atoms with van der Waals surface area (Å²) in [7, 11) is 1.54. The fraction of sp³-hybridized carbons (Fsp3) is 0.118. The highest BCUT2D eigenvalue weighted by molar-refractivity contribution is 9.10. The molecule has 0 spiro atoms. The van der Waals surface area contributed by atoms with Gasteiger partial charge in [0.2, 0.25) is 5.88 Å². The van der Waals surface area contributed by atoms with Crippen molar-refractivity contribution in [2.75, 3.05) is 7.11 Å². The molecule has 0 atom stereocenters. The number of azo groups is 1. The largest absolute Gasteiger partial charge is 0.496 e. The van der Waals surface area contributed by atoms with Crippen molar-refractivity contribution in [2.45, 2.75) is 6.92 Å². The first-order valence-electron chi connectivity index (χ1n) is 7.21. The molecule has 0 bridgehead atoms. The zero-order valence-corrected chi connectivity index (χ0v) is 16.5. The maximum absolute atomic E-state index is 12.2. The minimum atomic E-state index is -0.522. The van der Waals surface area contributed by atoms with Gasteiger partial charge in [-0.25, -0.2) is 0 Å². The summed E-state index contributed by atoms with van der Waals surface area (Å²) in [5.41, 5.74) is 2.26. The van der Waals surface area contributed by atoms with E-state index in [0.29, 0.717) is 26.7 Å². The first kappa shape index (κ1) is 17.6. The van der Waals surface area contributed by atoms with Crippen molar-refractivity contribution in [1.82, 2.24) is 4.98 Å². The summed E-state index contributed by atoms with van der Waals surface area (Å²) in [6.45, 7) is 1.93. The molecule has 0 aliphatic rings. The first-order valence-corrected chi connectivity index (χ1v) is 8.79. The van der Waals surface area contributed by atoms with Gasteiger partial charge >= 0.3 is 0 Å². The zero-order valence-electron chi connectivity index (χ0n) is 13.3. The molecule has 0 aliphatic carbocycles. The molecule has 0 fully saturated rings. The number of H-pyrrole nitrogens is 1. The molecule has 0 saturated carbocycles. The highest BCUT2D eigenvalue weighted by Crippen LogP contribution is 2.38. The second-order valence-electron chi connectivity index (χ2n) is 5.32. The quantitative estimate of drug-likeness (QED) is 0.489. The SMILES string of the molecule is COc1ccc(C(=O)N=Nc2c(O)[nH]c3cc(Br)c(C)cc23)cc1Br. The number of aromatic nitrogens is 1. The predicted molar refractivity (Wildman–Crippen MR) is 102 cm³/mol. The van der Waals surface area contributed by atoms with Gasteiger partial charge in [0.15, 0.2) is 5.69 Å². The van der Waals surface area contributed by atoms with Gasteiger partial charge in [-0.3, -0.25) is 4.79 Å². The van der Waals surface area contributed by atoms with E-state index in [4.69, 9.17) is 4.74 Å². The fourth-order valence-corrected chi connectivity index (χ4v) is 3.23. The van der Waals surface area contributed by atoms with Crippen LogP contribution in [0.25, 0.3) is 10.9 Å². The van der Waals surface area contributed by atoms with Crippen LogP contribution in [0.2, 0.25) is 0 Å². The summed E-state index contributed by atoms with van der Waals surface area (Å²) in [6, 6.07) is 8.57. The molecule has 3 aromatic rings. The molecule has 6 nitrogen and oxygen atoms in total. The summed E-state index contributed by atoms with van der Waals surface area (Å²) in [4.78, 5) is 15.1. The van der Waals surface area contributed by atoms with Crippen LogP contribution < -0.4 is 4.74 Å². The number of benzene rings is 2. The summed E-state index contributed by atoms with van der Waals surface area (Å²) in [6.07, 6.45) is 0. The lowest BCUT2D eigenvalue weighted by molar-refractivity contribution is 0.0995. The van der Waals surface area contributed by atoms with Gasteiger partial charge in [0.1, 0.15) is 5.75 Å². The third-order valence-electron chi connectivity index (χ3n) is 3.67. The second-order valence-corrected chi connectivity index (χ2v) is 7.03. The zero-order chi connectivity index (χ0) is 18.1. The van der Waals surface area contributed by atoms with Crippen LogP contribution >= 0.6 is 31.9 Å². The van der Waals surface area contributed by atoms with Gasteiger partial charge in [0.25, 0.3) is 5.91 Å². The van der Waals surface area contributed by atoms with Crippen LogP contribution in [0.3, 0.4) is 0 Å². The van der Waals surface area contributed by atoms with E-state index in [1.807, 2.05) is 19.1 Å². The van der Waals surface area contributed by atoms with Gasteiger partial charge in [-0.15, -0.1) is 10.2 Å². The van der Waals surface area contributed by atoms with Crippen molar-refractivity contribution < 1.29 is 14.6 Å². The molecular weight excluding hydrogens is 454 g/mol. The van der Waals surface area contributed by atoms with Crippen LogP contribution in [0.15, 0.2) is 49.5 Å². The van der Waals surface area contributed by atoms with E-state index in [0.717, 1.165) is 10.0 Å². The van der Waals surface area contributed by atoms with Gasteiger partial charge < -0.3 is 14.8 Å². The number of methoxy groups -OCH3 is 1. The number of aromatic hydroxyl groups is 1. The van der Waals surface area contributed by atoms with E-state index in [1.165, 1.54) is 0 Å². The number of nitrogens with one attached hydrogen (secondary N) is 1. The Labute approximate surface area is 160 Å². The van der Waals surface area contributed by atoms with Crippen molar-refractivity contribution in [1.29, 1.82) is 0 Å². The number of aryl methyl sites for hydroxylation is 1. The maximum atomic E-state index is 12.2. The average Bonchev–Trinajstić information content (AvgIpc) is 2.87. The van der Waals surface area contributed by atoms with Crippen molar-refractivity contribution in [2.24, 2.45) is 10.2 Å². The molecule has 0 saturated heterocycles. The van der Waals surface area contributed by atoms with Crippen LogP contribution in [0.1, 0.15) is 15.9 Å². The summed E-state index contributed by atoms with van der Waals surface area (Å²) < 4.78 is 6.68. The number of hydrogen-bond acceptors (Lipinski definition) is 4. The number of hydrogen-bond donors (Lipinski definition) is 2. The van der Waals surface area contributed by atoms with Crippen LogP contribution in [0.5, 0.6) is 11.6 Å². The van der Waals surface area contributed by atoms with E-state index in [1.54, 1.807) is 25.3 Å². The summed E-state index contributed by atoms with van der Waals surface area (Å²) >= 11 is 6.76. The normalized spacial score (nSPS) is 11.4. The Morgan fingerprint density at radius 3 is 2.64 bits per heavy atom. The molecular formula is C17H13Br2N3O3. The van der Waals surface area contributed by atoms with Crippen LogP contribution in [0.4, 0.5) is 5.69 Å². The van der Waals surface area contributed by atoms with Crippen molar-refractivity contribution in [3.05, 3.63) is 50.4 Å². The number of fused-ring (bicyclic) bond motifs is 1. The molecule has 3 rings (SSSR count). The topological polar surface area (TPSA) is 87.0 Å². The molecule has 2 N–H and O–H groups in total. The lowest BCUT2D eigenvalue weighted by Gasteiger charge is -2.03. The predicted octanol–water partition coefficient (Wildman–Crippen LogP) is 5.64. The molecule has 1 aromatic heterocycles. The number of aromatic amines is 1. The smallest absolute Gasteiger partial charge is 0.295 e. The molecule has 25 heavy (non-hydrogen) atoms. The molecule has 2 aromatic carbocycles. The first-order chi connectivity index (χ1) is 11.9. The standard InChI is InChI=1S/C17H13Br2N3O3/c1-8-5-10-13(7-11(8)18)20-17(24)15(10)21-22-16(23)9-3-4-14(25-2)12(19)6-9/h3-7,20,24H,1-2H3. The average molecular weight is 467 g/mol.